The number of rotatable bonds is 54. The van der Waals surface area contributed by atoms with Crippen molar-refractivity contribution in [2.24, 2.45) is 0 Å². The zero-order chi connectivity index (χ0) is 47.9. The van der Waals surface area contributed by atoms with E-state index in [1.54, 1.807) is 0 Å². The lowest BCUT2D eigenvalue weighted by atomic mass is 10.0. The molecule has 0 saturated heterocycles. The smallest absolute Gasteiger partial charge is 0.306 e. The van der Waals surface area contributed by atoms with Crippen LogP contribution in [0.4, 0.5) is 0 Å². The van der Waals surface area contributed by atoms with Gasteiger partial charge in [-0.1, -0.05) is 276 Å². The van der Waals surface area contributed by atoms with Crippen LogP contribution < -0.4 is 0 Å². The minimum absolute atomic E-state index is 0.0700. The molecule has 1 atom stereocenters. The first-order chi connectivity index (χ1) is 32.5. The van der Waals surface area contributed by atoms with Crippen LogP contribution in [0.3, 0.4) is 0 Å². The molecule has 0 aliphatic rings. The Morgan fingerprint density at radius 1 is 0.303 bits per heavy atom. The van der Waals surface area contributed by atoms with Gasteiger partial charge in [0.2, 0.25) is 0 Å². The molecule has 0 spiro atoms. The van der Waals surface area contributed by atoms with E-state index < -0.39 is 6.10 Å². The van der Waals surface area contributed by atoms with Gasteiger partial charge < -0.3 is 14.2 Å². The maximum Gasteiger partial charge on any atom is 0.306 e. The highest BCUT2D eigenvalue weighted by molar-refractivity contribution is 5.71. The quantitative estimate of drug-likeness (QED) is 0.0262. The van der Waals surface area contributed by atoms with E-state index in [9.17, 15) is 14.4 Å². The standard InChI is InChI=1S/C60H112O6/c1-4-7-10-13-16-19-22-25-28-30-33-35-38-41-44-47-50-53-59(62)65-56-57(55-64-58(61)52-49-46-43-40-37-34-31-27-24-21-18-15-12-9-6-3)66-60(63)54-51-48-45-42-39-36-32-29-26-23-20-17-14-11-8-5-2/h18,21,27,31,57H,4-17,19-20,22-26,28-30,32-56H2,1-3H3/b21-18-,31-27-. The summed E-state index contributed by atoms with van der Waals surface area (Å²) in [6, 6.07) is 0. The second-order valence-corrected chi connectivity index (χ2v) is 19.9. The molecule has 0 heterocycles. The Kier molecular flexibility index (Phi) is 53.7. The summed E-state index contributed by atoms with van der Waals surface area (Å²) in [5, 5.41) is 0. The number of esters is 3. The predicted molar refractivity (Wildman–Crippen MR) is 284 cm³/mol. The van der Waals surface area contributed by atoms with E-state index in [-0.39, 0.29) is 31.1 Å². The molecule has 0 aliphatic heterocycles. The number of carbonyl (C=O) groups is 3. The monoisotopic (exact) mass is 929 g/mol. The lowest BCUT2D eigenvalue weighted by Gasteiger charge is -2.18. The number of carbonyl (C=O) groups excluding carboxylic acids is 3. The molecule has 1 unspecified atom stereocenters. The largest absolute Gasteiger partial charge is 0.462 e. The fraction of sp³-hybridized carbons (Fsp3) is 0.883. The second kappa shape index (κ2) is 55.5. The Labute approximate surface area is 411 Å². The van der Waals surface area contributed by atoms with Gasteiger partial charge in [-0.3, -0.25) is 14.4 Å². The molecule has 0 aromatic rings. The molecule has 6 heteroatoms. The zero-order valence-corrected chi connectivity index (χ0v) is 44.5. The van der Waals surface area contributed by atoms with Crippen LogP contribution in [-0.2, 0) is 28.6 Å². The van der Waals surface area contributed by atoms with Crippen molar-refractivity contribution in [2.75, 3.05) is 13.2 Å². The Morgan fingerprint density at radius 3 is 0.864 bits per heavy atom. The van der Waals surface area contributed by atoms with Crippen molar-refractivity contribution in [3.63, 3.8) is 0 Å². The molecule has 0 aromatic heterocycles. The van der Waals surface area contributed by atoms with Crippen molar-refractivity contribution >= 4 is 17.9 Å². The molecule has 0 fully saturated rings. The van der Waals surface area contributed by atoms with Crippen molar-refractivity contribution in [1.82, 2.24) is 0 Å². The minimum atomic E-state index is -0.772. The molecular weight excluding hydrogens is 817 g/mol. The first kappa shape index (κ1) is 63.9. The molecule has 0 aromatic carbocycles. The third kappa shape index (κ3) is 52.9. The Bertz CT molecular complexity index is 1070. The number of hydrogen-bond donors (Lipinski definition) is 0. The lowest BCUT2D eigenvalue weighted by Crippen LogP contribution is -2.30. The maximum atomic E-state index is 12.9. The SMILES string of the molecule is CCCCC/C=C\C/C=C\CCCCCCCC(=O)OCC(COC(=O)CCCCCCCCCCCCCCCCCCC)OC(=O)CCCCCCCCCCCCCCCCCC. The third-order valence-electron chi connectivity index (χ3n) is 13.2. The lowest BCUT2D eigenvalue weighted by molar-refractivity contribution is -0.167. The molecule has 0 rings (SSSR count). The van der Waals surface area contributed by atoms with E-state index in [0.717, 1.165) is 77.0 Å². The van der Waals surface area contributed by atoms with Gasteiger partial charge in [-0.15, -0.1) is 0 Å². The van der Waals surface area contributed by atoms with Crippen molar-refractivity contribution in [2.45, 2.75) is 329 Å². The van der Waals surface area contributed by atoms with Crippen LogP contribution in [0.25, 0.3) is 0 Å². The first-order valence-electron chi connectivity index (χ1n) is 29.3. The van der Waals surface area contributed by atoms with E-state index >= 15 is 0 Å². The van der Waals surface area contributed by atoms with Gasteiger partial charge in [0.25, 0.3) is 0 Å². The van der Waals surface area contributed by atoms with Gasteiger partial charge >= 0.3 is 17.9 Å². The topological polar surface area (TPSA) is 78.9 Å². The summed E-state index contributed by atoms with van der Waals surface area (Å²) in [5.41, 5.74) is 0. The fourth-order valence-electron chi connectivity index (χ4n) is 8.77. The number of ether oxygens (including phenoxy) is 3. The summed E-state index contributed by atoms with van der Waals surface area (Å²) in [5.74, 6) is -0.861. The van der Waals surface area contributed by atoms with Crippen molar-refractivity contribution in [3.8, 4) is 0 Å². The predicted octanol–water partition coefficient (Wildman–Crippen LogP) is 19.5. The average molecular weight is 930 g/mol. The van der Waals surface area contributed by atoms with E-state index in [4.69, 9.17) is 14.2 Å². The Hall–Kier alpha value is -2.11. The Balaban J connectivity index is 4.33. The van der Waals surface area contributed by atoms with E-state index in [1.807, 2.05) is 0 Å². The summed E-state index contributed by atoms with van der Waals surface area (Å²) in [6.45, 7) is 6.66. The molecule has 0 N–H and O–H groups in total. The molecule has 6 nitrogen and oxygen atoms in total. The summed E-state index contributed by atoms with van der Waals surface area (Å²) in [6.07, 6.45) is 64.5. The first-order valence-corrected chi connectivity index (χ1v) is 29.3. The summed E-state index contributed by atoms with van der Waals surface area (Å²) >= 11 is 0. The number of hydrogen-bond acceptors (Lipinski definition) is 6. The molecule has 66 heavy (non-hydrogen) atoms. The van der Waals surface area contributed by atoms with Crippen LogP contribution in [0, 0.1) is 0 Å². The highest BCUT2D eigenvalue weighted by Gasteiger charge is 2.19. The van der Waals surface area contributed by atoms with Gasteiger partial charge in [-0.25, -0.2) is 0 Å². The van der Waals surface area contributed by atoms with Crippen LogP contribution in [0.15, 0.2) is 24.3 Å². The van der Waals surface area contributed by atoms with Crippen LogP contribution in [0.5, 0.6) is 0 Å². The van der Waals surface area contributed by atoms with E-state index in [0.29, 0.717) is 19.3 Å². The zero-order valence-electron chi connectivity index (χ0n) is 44.5. The van der Waals surface area contributed by atoms with Gasteiger partial charge in [-0.05, 0) is 51.4 Å². The van der Waals surface area contributed by atoms with Crippen LogP contribution in [0.2, 0.25) is 0 Å². The molecule has 0 aliphatic carbocycles. The Morgan fingerprint density at radius 2 is 0.545 bits per heavy atom. The van der Waals surface area contributed by atoms with Crippen LogP contribution in [-0.4, -0.2) is 37.2 Å². The van der Waals surface area contributed by atoms with E-state index in [1.165, 1.54) is 205 Å². The number of allylic oxidation sites excluding steroid dienone is 4. The van der Waals surface area contributed by atoms with Crippen LogP contribution >= 0.6 is 0 Å². The minimum Gasteiger partial charge on any atom is -0.462 e. The maximum absolute atomic E-state index is 12.9. The molecule has 0 amide bonds. The van der Waals surface area contributed by atoms with Gasteiger partial charge in [-0.2, -0.15) is 0 Å². The van der Waals surface area contributed by atoms with Gasteiger partial charge in [0.1, 0.15) is 13.2 Å². The highest BCUT2D eigenvalue weighted by atomic mass is 16.6. The van der Waals surface area contributed by atoms with Gasteiger partial charge in [0, 0.05) is 19.3 Å². The van der Waals surface area contributed by atoms with Crippen molar-refractivity contribution in [1.29, 1.82) is 0 Å². The molecular formula is C60H112O6. The molecule has 0 saturated carbocycles. The summed E-state index contributed by atoms with van der Waals surface area (Å²) in [7, 11) is 0. The van der Waals surface area contributed by atoms with Gasteiger partial charge in [0.05, 0.1) is 0 Å². The average Bonchev–Trinajstić information content (AvgIpc) is 3.31. The summed E-state index contributed by atoms with van der Waals surface area (Å²) in [4.78, 5) is 38.2. The van der Waals surface area contributed by atoms with Gasteiger partial charge in [0.15, 0.2) is 6.10 Å². The summed E-state index contributed by atoms with van der Waals surface area (Å²) < 4.78 is 16.9. The van der Waals surface area contributed by atoms with E-state index in [2.05, 4.69) is 45.1 Å². The highest BCUT2D eigenvalue weighted by Crippen LogP contribution is 2.17. The molecule has 0 radical (unpaired) electrons. The van der Waals surface area contributed by atoms with Crippen molar-refractivity contribution in [3.05, 3.63) is 24.3 Å². The second-order valence-electron chi connectivity index (χ2n) is 19.9. The number of unbranched alkanes of at least 4 members (excludes halogenated alkanes) is 39. The third-order valence-corrected chi connectivity index (χ3v) is 13.2. The molecule has 388 valence electrons. The van der Waals surface area contributed by atoms with Crippen LogP contribution in [0.1, 0.15) is 323 Å². The van der Waals surface area contributed by atoms with Crippen molar-refractivity contribution < 1.29 is 28.6 Å². The normalized spacial score (nSPS) is 12.1. The molecule has 0 bridgehead atoms. The fourth-order valence-corrected chi connectivity index (χ4v) is 8.77.